The molecule has 0 bridgehead atoms. The number of halogens is 1. The van der Waals surface area contributed by atoms with Crippen molar-refractivity contribution < 1.29 is 19.4 Å². The fourth-order valence-electron chi connectivity index (χ4n) is 2.27. The van der Waals surface area contributed by atoms with Gasteiger partial charge in [0.1, 0.15) is 18.5 Å². The number of esters is 1. The molecule has 0 aliphatic carbocycles. The molecule has 1 unspecified atom stereocenters. The highest BCUT2D eigenvalue weighted by Crippen LogP contribution is 2.22. The molecule has 2 rings (SSSR count). The Labute approximate surface area is 156 Å². The van der Waals surface area contributed by atoms with Gasteiger partial charge in [-0.1, -0.05) is 11.6 Å². The number of hydrogen-bond donors (Lipinski definition) is 1. The second kappa shape index (κ2) is 9.77. The quantitative estimate of drug-likeness (QED) is 0.672. The average molecular weight is 384 g/mol. The Bertz CT molecular complexity index is 674. The molecule has 0 amide bonds. The van der Waals surface area contributed by atoms with E-state index in [1.165, 1.54) is 11.3 Å². The third kappa shape index (κ3) is 6.66. The van der Waals surface area contributed by atoms with E-state index in [9.17, 15) is 9.90 Å². The Balaban J connectivity index is 1.75. The minimum absolute atomic E-state index is 0.175. The maximum absolute atomic E-state index is 11.6. The fourth-order valence-corrected chi connectivity index (χ4v) is 3.44. The Kier molecular flexibility index (Phi) is 7.71. The highest BCUT2D eigenvalue weighted by molar-refractivity contribution is 7.16. The average Bonchev–Trinajstić information content (AvgIpc) is 2.98. The summed E-state index contributed by atoms with van der Waals surface area (Å²) < 4.78 is 11.3. The number of nitrogens with zero attached hydrogens (tertiary/aromatic N) is 1. The van der Waals surface area contributed by atoms with Crippen LogP contribution in [-0.4, -0.2) is 48.9 Å². The van der Waals surface area contributed by atoms with Gasteiger partial charge in [0.05, 0.1) is 16.5 Å². The van der Waals surface area contributed by atoms with Gasteiger partial charge >= 0.3 is 5.97 Å². The van der Waals surface area contributed by atoms with Crippen molar-refractivity contribution in [1.29, 1.82) is 0 Å². The molecule has 136 valence electrons. The van der Waals surface area contributed by atoms with E-state index in [0.29, 0.717) is 24.5 Å². The van der Waals surface area contributed by atoms with Crippen molar-refractivity contribution in [1.82, 2.24) is 4.90 Å². The number of likely N-dealkylation sites (N-methyl/N-ethyl adjacent to an activating group) is 1. The molecule has 1 aromatic heterocycles. The van der Waals surface area contributed by atoms with Crippen LogP contribution in [0.1, 0.15) is 22.2 Å². The van der Waals surface area contributed by atoms with Crippen LogP contribution >= 0.6 is 22.9 Å². The summed E-state index contributed by atoms with van der Waals surface area (Å²) in [6.07, 6.45) is -0.620. The molecule has 0 radical (unpaired) electrons. The van der Waals surface area contributed by atoms with E-state index in [-0.39, 0.29) is 12.6 Å². The first-order valence-electron chi connectivity index (χ1n) is 7.98. The van der Waals surface area contributed by atoms with Crippen LogP contribution in [0.15, 0.2) is 36.4 Å². The van der Waals surface area contributed by atoms with Gasteiger partial charge in [-0.15, -0.1) is 11.3 Å². The molecule has 25 heavy (non-hydrogen) atoms. The van der Waals surface area contributed by atoms with Crippen molar-refractivity contribution in [3.8, 4) is 5.75 Å². The summed E-state index contributed by atoms with van der Waals surface area (Å²) in [7, 11) is 1.94. The molecule has 0 saturated carbocycles. The van der Waals surface area contributed by atoms with Gasteiger partial charge in [-0.3, -0.25) is 4.90 Å². The van der Waals surface area contributed by atoms with E-state index < -0.39 is 6.10 Å². The predicted octanol–water partition coefficient (Wildman–Crippen LogP) is 3.45. The molecule has 0 saturated heterocycles. The number of rotatable bonds is 9. The summed E-state index contributed by atoms with van der Waals surface area (Å²) in [5.74, 6) is 0.240. The maximum Gasteiger partial charge on any atom is 0.338 e. The third-order valence-corrected chi connectivity index (χ3v) is 4.60. The summed E-state index contributed by atoms with van der Waals surface area (Å²) in [5.41, 5.74) is 0.476. The Morgan fingerprint density at radius 1 is 1.28 bits per heavy atom. The number of benzene rings is 1. The van der Waals surface area contributed by atoms with E-state index in [0.717, 1.165) is 15.8 Å². The van der Waals surface area contributed by atoms with E-state index >= 15 is 0 Å². The summed E-state index contributed by atoms with van der Waals surface area (Å²) in [5, 5.41) is 10.1. The number of thiophene rings is 1. The molecule has 7 heteroatoms. The minimum atomic E-state index is -0.620. The number of carbonyl (C=O) groups excluding carboxylic acids is 1. The molecule has 1 heterocycles. The molecular formula is C18H22ClNO4S. The zero-order valence-corrected chi connectivity index (χ0v) is 15.8. The smallest absolute Gasteiger partial charge is 0.338 e. The van der Waals surface area contributed by atoms with Crippen LogP contribution in [0.4, 0.5) is 0 Å². The van der Waals surface area contributed by atoms with E-state index in [1.54, 1.807) is 31.2 Å². The molecule has 1 N–H and O–H groups in total. The Morgan fingerprint density at radius 2 is 2.00 bits per heavy atom. The number of carbonyl (C=O) groups is 1. The summed E-state index contributed by atoms with van der Waals surface area (Å²) in [4.78, 5) is 14.7. The third-order valence-electron chi connectivity index (χ3n) is 3.38. The second-order valence-electron chi connectivity index (χ2n) is 5.61. The van der Waals surface area contributed by atoms with Crippen LogP contribution in [-0.2, 0) is 11.3 Å². The minimum Gasteiger partial charge on any atom is -0.491 e. The molecular weight excluding hydrogens is 362 g/mol. The topological polar surface area (TPSA) is 59.0 Å². The van der Waals surface area contributed by atoms with Gasteiger partial charge in [-0.25, -0.2) is 4.79 Å². The Morgan fingerprint density at radius 3 is 2.60 bits per heavy atom. The number of ether oxygens (including phenoxy) is 2. The molecule has 0 fully saturated rings. The van der Waals surface area contributed by atoms with Crippen molar-refractivity contribution in [2.45, 2.75) is 19.6 Å². The van der Waals surface area contributed by atoms with Gasteiger partial charge in [0, 0.05) is 18.0 Å². The summed E-state index contributed by atoms with van der Waals surface area (Å²) >= 11 is 7.45. The second-order valence-corrected chi connectivity index (χ2v) is 7.41. The number of aliphatic hydroxyl groups excluding tert-OH is 1. The normalized spacial score (nSPS) is 12.2. The van der Waals surface area contributed by atoms with Crippen LogP contribution in [0.25, 0.3) is 0 Å². The van der Waals surface area contributed by atoms with Crippen molar-refractivity contribution in [3.63, 3.8) is 0 Å². The van der Waals surface area contributed by atoms with Gasteiger partial charge in [-0.05, 0) is 50.4 Å². The maximum atomic E-state index is 11.6. The van der Waals surface area contributed by atoms with Gasteiger partial charge < -0.3 is 14.6 Å². The van der Waals surface area contributed by atoms with Gasteiger partial charge in [0.2, 0.25) is 0 Å². The highest BCUT2D eigenvalue weighted by Gasteiger charge is 2.11. The van der Waals surface area contributed by atoms with Gasteiger partial charge in [-0.2, -0.15) is 0 Å². The van der Waals surface area contributed by atoms with Crippen LogP contribution < -0.4 is 4.74 Å². The van der Waals surface area contributed by atoms with Crippen molar-refractivity contribution in [2.75, 3.05) is 26.8 Å². The Hall–Kier alpha value is -1.60. The molecule has 2 aromatic rings. The fraction of sp³-hybridized carbons (Fsp3) is 0.389. The lowest BCUT2D eigenvalue weighted by Crippen LogP contribution is -2.32. The lowest BCUT2D eigenvalue weighted by molar-refractivity contribution is 0.0526. The largest absolute Gasteiger partial charge is 0.491 e. The monoisotopic (exact) mass is 383 g/mol. The molecule has 0 aliphatic heterocycles. The lowest BCUT2D eigenvalue weighted by atomic mass is 10.2. The van der Waals surface area contributed by atoms with E-state index in [2.05, 4.69) is 0 Å². The highest BCUT2D eigenvalue weighted by atomic mass is 35.5. The van der Waals surface area contributed by atoms with Crippen LogP contribution in [0.5, 0.6) is 5.75 Å². The van der Waals surface area contributed by atoms with Crippen molar-refractivity contribution in [3.05, 3.63) is 51.2 Å². The molecule has 1 aromatic carbocycles. The van der Waals surface area contributed by atoms with Crippen LogP contribution in [0, 0.1) is 0 Å². The van der Waals surface area contributed by atoms with Crippen molar-refractivity contribution >= 4 is 28.9 Å². The lowest BCUT2D eigenvalue weighted by Gasteiger charge is -2.20. The standard InChI is InChI=1S/C18H22ClNO4S/c1-3-23-18(22)13-4-6-15(7-5-13)24-12-14(21)10-20(2)11-16-8-9-17(19)25-16/h4-9,14,21H,3,10-12H2,1-2H3. The summed E-state index contributed by atoms with van der Waals surface area (Å²) in [6, 6.07) is 10.5. The summed E-state index contributed by atoms with van der Waals surface area (Å²) in [6.45, 7) is 3.49. The van der Waals surface area contributed by atoms with Gasteiger partial charge in [0.25, 0.3) is 0 Å². The zero-order valence-electron chi connectivity index (χ0n) is 14.3. The van der Waals surface area contributed by atoms with Gasteiger partial charge in [0.15, 0.2) is 0 Å². The van der Waals surface area contributed by atoms with E-state index in [4.69, 9.17) is 21.1 Å². The first-order chi connectivity index (χ1) is 12.0. The number of hydrogen-bond acceptors (Lipinski definition) is 6. The van der Waals surface area contributed by atoms with E-state index in [1.807, 2.05) is 24.1 Å². The zero-order chi connectivity index (χ0) is 18.2. The molecule has 5 nitrogen and oxygen atoms in total. The SMILES string of the molecule is CCOC(=O)c1ccc(OCC(O)CN(C)Cc2ccc(Cl)s2)cc1. The predicted molar refractivity (Wildman–Crippen MR) is 99.6 cm³/mol. The molecule has 0 spiro atoms. The number of aliphatic hydroxyl groups is 1. The first kappa shape index (κ1) is 19.7. The molecule has 0 aliphatic rings. The van der Waals surface area contributed by atoms with Crippen molar-refractivity contribution in [2.24, 2.45) is 0 Å². The van der Waals surface area contributed by atoms with Crippen LogP contribution in [0.2, 0.25) is 4.34 Å². The first-order valence-corrected chi connectivity index (χ1v) is 9.18. The molecule has 1 atom stereocenters. The van der Waals surface area contributed by atoms with Crippen LogP contribution in [0.3, 0.4) is 0 Å².